The summed E-state index contributed by atoms with van der Waals surface area (Å²) in [5.74, 6) is -1.33. The molecular formula is C19H24FNO4. The molecule has 1 heterocycles. The highest BCUT2D eigenvalue weighted by Crippen LogP contribution is 2.29. The summed E-state index contributed by atoms with van der Waals surface area (Å²) in [5, 5.41) is 9.24. The lowest BCUT2D eigenvalue weighted by molar-refractivity contribution is -0.135. The molecule has 0 atom stereocenters. The van der Waals surface area contributed by atoms with Crippen molar-refractivity contribution in [3.63, 3.8) is 0 Å². The second-order valence-electron chi connectivity index (χ2n) is 7.16. The fraction of sp³-hybridized carbons (Fsp3) is 0.474. The molecule has 1 amide bonds. The quantitative estimate of drug-likeness (QED) is 0.893. The number of aliphatic carboxylic acids is 1. The molecule has 0 aromatic heterocycles. The average molecular weight is 349 g/mol. The third-order valence-corrected chi connectivity index (χ3v) is 3.89. The summed E-state index contributed by atoms with van der Waals surface area (Å²) >= 11 is 0. The molecular weight excluding hydrogens is 325 g/mol. The van der Waals surface area contributed by atoms with Gasteiger partial charge in [0.05, 0.1) is 6.42 Å². The Morgan fingerprint density at radius 1 is 1.24 bits per heavy atom. The number of rotatable bonds is 3. The van der Waals surface area contributed by atoms with Gasteiger partial charge in [0, 0.05) is 13.1 Å². The molecule has 1 N–H and O–H groups in total. The van der Waals surface area contributed by atoms with Gasteiger partial charge in [-0.15, -0.1) is 0 Å². The van der Waals surface area contributed by atoms with Crippen molar-refractivity contribution in [2.24, 2.45) is 0 Å². The Hall–Kier alpha value is -2.37. The highest BCUT2D eigenvalue weighted by molar-refractivity contribution is 5.85. The van der Waals surface area contributed by atoms with Crippen molar-refractivity contribution in [1.29, 1.82) is 0 Å². The van der Waals surface area contributed by atoms with Gasteiger partial charge in [0.2, 0.25) is 0 Å². The fourth-order valence-corrected chi connectivity index (χ4v) is 2.83. The Balaban J connectivity index is 2.29. The van der Waals surface area contributed by atoms with Crippen LogP contribution in [0.4, 0.5) is 9.18 Å². The molecule has 1 saturated heterocycles. The van der Waals surface area contributed by atoms with Crippen molar-refractivity contribution in [1.82, 2.24) is 4.90 Å². The molecule has 0 bridgehead atoms. The van der Waals surface area contributed by atoms with Crippen molar-refractivity contribution in [3.05, 3.63) is 41.2 Å². The number of ether oxygens (including phenoxy) is 1. The zero-order valence-corrected chi connectivity index (χ0v) is 14.8. The highest BCUT2D eigenvalue weighted by atomic mass is 19.1. The molecule has 2 rings (SSSR count). The minimum Gasteiger partial charge on any atom is -0.481 e. The molecule has 1 aromatic rings. The number of hydrogen-bond donors (Lipinski definition) is 1. The normalized spacial score (nSPS) is 17.2. The third kappa shape index (κ3) is 5.59. The number of halogens is 1. The monoisotopic (exact) mass is 349 g/mol. The Bertz CT molecular complexity index is 674. The van der Waals surface area contributed by atoms with Crippen molar-refractivity contribution >= 4 is 17.6 Å². The van der Waals surface area contributed by atoms with Gasteiger partial charge in [0.25, 0.3) is 0 Å². The van der Waals surface area contributed by atoms with E-state index in [-0.39, 0.29) is 12.2 Å². The SMILES string of the molecule is CC(C)(C)OC(=O)N1CCC/C(=C(\CC(=O)O)c2ccc(F)cc2)C1. The molecule has 1 fully saturated rings. The maximum Gasteiger partial charge on any atom is 0.410 e. The topological polar surface area (TPSA) is 66.8 Å². The first-order chi connectivity index (χ1) is 11.7. The molecule has 0 aliphatic carbocycles. The van der Waals surface area contributed by atoms with Crippen molar-refractivity contribution in [2.45, 2.75) is 45.6 Å². The van der Waals surface area contributed by atoms with E-state index in [1.165, 1.54) is 12.1 Å². The zero-order valence-electron chi connectivity index (χ0n) is 14.8. The van der Waals surface area contributed by atoms with E-state index in [2.05, 4.69) is 0 Å². The van der Waals surface area contributed by atoms with E-state index in [0.717, 1.165) is 12.0 Å². The van der Waals surface area contributed by atoms with E-state index < -0.39 is 17.7 Å². The van der Waals surface area contributed by atoms with E-state index in [9.17, 15) is 19.1 Å². The zero-order chi connectivity index (χ0) is 18.6. The van der Waals surface area contributed by atoms with E-state index >= 15 is 0 Å². The summed E-state index contributed by atoms with van der Waals surface area (Å²) in [7, 11) is 0. The summed E-state index contributed by atoms with van der Waals surface area (Å²) in [6, 6.07) is 5.78. The first-order valence-corrected chi connectivity index (χ1v) is 8.32. The third-order valence-electron chi connectivity index (χ3n) is 3.89. The Morgan fingerprint density at radius 2 is 1.88 bits per heavy atom. The number of carboxylic acids is 1. The van der Waals surface area contributed by atoms with Crippen LogP contribution in [0.1, 0.15) is 45.6 Å². The van der Waals surface area contributed by atoms with E-state index in [1.807, 2.05) is 0 Å². The maximum absolute atomic E-state index is 13.2. The lowest BCUT2D eigenvalue weighted by atomic mass is 9.92. The second kappa shape index (κ2) is 7.68. The van der Waals surface area contributed by atoms with Crippen LogP contribution < -0.4 is 0 Å². The van der Waals surface area contributed by atoms with Crippen LogP contribution in [-0.4, -0.2) is 40.8 Å². The molecule has 1 aliphatic heterocycles. The van der Waals surface area contributed by atoms with Crippen LogP contribution in [0.25, 0.3) is 5.57 Å². The number of benzene rings is 1. The number of piperidine rings is 1. The van der Waals surface area contributed by atoms with Gasteiger partial charge in [-0.2, -0.15) is 0 Å². The number of nitrogens with zero attached hydrogens (tertiary/aromatic N) is 1. The Kier molecular flexibility index (Phi) is 5.82. The minimum atomic E-state index is -0.957. The Labute approximate surface area is 147 Å². The molecule has 25 heavy (non-hydrogen) atoms. The summed E-state index contributed by atoms with van der Waals surface area (Å²) in [6.45, 7) is 6.32. The van der Waals surface area contributed by atoms with Gasteiger partial charge in [0.1, 0.15) is 11.4 Å². The van der Waals surface area contributed by atoms with Crippen LogP contribution in [0.15, 0.2) is 29.8 Å². The molecule has 5 nitrogen and oxygen atoms in total. The van der Waals surface area contributed by atoms with E-state index in [0.29, 0.717) is 30.6 Å². The van der Waals surface area contributed by atoms with Crippen LogP contribution in [0.2, 0.25) is 0 Å². The first kappa shape index (κ1) is 19.0. The minimum absolute atomic E-state index is 0.164. The van der Waals surface area contributed by atoms with Gasteiger partial charge in [0.15, 0.2) is 0 Å². The smallest absolute Gasteiger partial charge is 0.410 e. The number of carboxylic acid groups (broad SMARTS) is 1. The Morgan fingerprint density at radius 3 is 2.44 bits per heavy atom. The van der Waals surface area contributed by atoms with Gasteiger partial charge in [-0.25, -0.2) is 9.18 Å². The number of hydrogen-bond acceptors (Lipinski definition) is 3. The van der Waals surface area contributed by atoms with E-state index in [4.69, 9.17) is 4.74 Å². The van der Waals surface area contributed by atoms with Gasteiger partial charge >= 0.3 is 12.1 Å². The van der Waals surface area contributed by atoms with Crippen molar-refractivity contribution in [2.75, 3.05) is 13.1 Å². The van der Waals surface area contributed by atoms with Crippen LogP contribution in [0.5, 0.6) is 0 Å². The first-order valence-electron chi connectivity index (χ1n) is 8.32. The van der Waals surface area contributed by atoms with Crippen molar-refractivity contribution < 1.29 is 23.8 Å². The number of amides is 1. The number of likely N-dealkylation sites (tertiary alicyclic amines) is 1. The fourth-order valence-electron chi connectivity index (χ4n) is 2.83. The summed E-state index contributed by atoms with van der Waals surface area (Å²) in [6.07, 6.45) is 0.875. The lowest BCUT2D eigenvalue weighted by Crippen LogP contribution is -2.40. The average Bonchev–Trinajstić information content (AvgIpc) is 2.52. The molecule has 0 spiro atoms. The molecule has 1 aromatic carbocycles. The largest absolute Gasteiger partial charge is 0.481 e. The van der Waals surface area contributed by atoms with Crippen LogP contribution in [-0.2, 0) is 9.53 Å². The van der Waals surface area contributed by atoms with E-state index in [1.54, 1.807) is 37.8 Å². The number of carbonyl (C=O) groups excluding carboxylic acids is 1. The molecule has 136 valence electrons. The molecule has 6 heteroatoms. The summed E-state index contributed by atoms with van der Waals surface area (Å²) in [5.41, 5.74) is 1.61. The molecule has 0 unspecified atom stereocenters. The summed E-state index contributed by atoms with van der Waals surface area (Å²) < 4.78 is 18.6. The highest BCUT2D eigenvalue weighted by Gasteiger charge is 2.27. The van der Waals surface area contributed by atoms with Crippen LogP contribution >= 0.6 is 0 Å². The van der Waals surface area contributed by atoms with Gasteiger partial charge in [-0.3, -0.25) is 4.79 Å². The van der Waals surface area contributed by atoms with Gasteiger partial charge < -0.3 is 14.7 Å². The van der Waals surface area contributed by atoms with Gasteiger partial charge in [-0.05, 0) is 62.5 Å². The standard InChI is InChI=1S/C19H24FNO4/c1-19(2,3)25-18(24)21-10-4-5-14(12-21)16(11-17(22)23)13-6-8-15(20)9-7-13/h6-9H,4-5,10-12H2,1-3H3,(H,22,23)/b16-14-. The molecule has 0 radical (unpaired) electrons. The molecule has 0 saturated carbocycles. The number of carbonyl (C=O) groups is 2. The predicted octanol–water partition coefficient (Wildman–Crippen LogP) is 4.08. The summed E-state index contributed by atoms with van der Waals surface area (Å²) in [4.78, 5) is 25.2. The predicted molar refractivity (Wildman–Crippen MR) is 92.6 cm³/mol. The molecule has 1 aliphatic rings. The van der Waals surface area contributed by atoms with Crippen LogP contribution in [0, 0.1) is 5.82 Å². The van der Waals surface area contributed by atoms with Gasteiger partial charge in [-0.1, -0.05) is 12.1 Å². The van der Waals surface area contributed by atoms with Crippen molar-refractivity contribution in [3.8, 4) is 0 Å². The maximum atomic E-state index is 13.2. The second-order valence-corrected chi connectivity index (χ2v) is 7.16. The van der Waals surface area contributed by atoms with Crippen LogP contribution in [0.3, 0.4) is 0 Å². The lowest BCUT2D eigenvalue weighted by Gasteiger charge is -2.32.